The van der Waals surface area contributed by atoms with Gasteiger partial charge < -0.3 is 9.47 Å². The van der Waals surface area contributed by atoms with Crippen molar-refractivity contribution in [3.05, 3.63) is 30.6 Å². The van der Waals surface area contributed by atoms with Crippen molar-refractivity contribution in [1.82, 2.24) is 9.13 Å². The average molecular weight is 382 g/mol. The quantitative estimate of drug-likeness (QED) is 0.490. The van der Waals surface area contributed by atoms with Gasteiger partial charge in [-0.2, -0.15) is 0 Å². The van der Waals surface area contributed by atoms with Crippen molar-refractivity contribution in [2.45, 2.75) is 26.4 Å². The van der Waals surface area contributed by atoms with Crippen LogP contribution < -0.4 is 11.2 Å². The third-order valence-corrected chi connectivity index (χ3v) is 3.38. The number of ether oxygens (including phenoxy) is 2. The van der Waals surface area contributed by atoms with Crippen molar-refractivity contribution in [3.8, 4) is 0 Å². The lowest BCUT2D eigenvalue weighted by Crippen LogP contribution is -2.40. The van der Waals surface area contributed by atoms with Crippen molar-refractivity contribution < 1.29 is 9.47 Å². The molecule has 1 rings (SSSR count). The Hall–Kier alpha value is -0.670. The first kappa shape index (κ1) is 16.4. The minimum absolute atomic E-state index is 0.229. The number of hydrogen-bond acceptors (Lipinski definition) is 4. The summed E-state index contributed by atoms with van der Waals surface area (Å²) in [6, 6.07) is 0. The Bertz CT molecular complexity index is 509. The highest BCUT2D eigenvalue weighted by Crippen LogP contribution is 1.95. The number of aryl methyl sites for hydroxylation is 1. The molecular formula is C12H19IN2O4. The van der Waals surface area contributed by atoms with E-state index in [0.29, 0.717) is 42.9 Å². The minimum atomic E-state index is -0.259. The molecule has 1 aromatic heterocycles. The Balaban J connectivity index is 2.65. The van der Waals surface area contributed by atoms with Gasteiger partial charge in [0.1, 0.15) is 0 Å². The summed E-state index contributed by atoms with van der Waals surface area (Å²) in [5.41, 5.74) is -0.489. The predicted molar refractivity (Wildman–Crippen MR) is 80.7 cm³/mol. The van der Waals surface area contributed by atoms with E-state index in [0.717, 1.165) is 0 Å². The Morgan fingerprint density at radius 2 is 2.00 bits per heavy atom. The second kappa shape index (κ2) is 8.49. The lowest BCUT2D eigenvalue weighted by atomic mass is 10.4. The average Bonchev–Trinajstić information content (AvgIpc) is 2.41. The summed E-state index contributed by atoms with van der Waals surface area (Å²) in [7, 11) is 1.61. The first-order valence-corrected chi connectivity index (χ1v) is 7.26. The van der Waals surface area contributed by atoms with Crippen molar-refractivity contribution in [3.63, 3.8) is 0 Å². The molecule has 0 unspecified atom stereocenters. The maximum atomic E-state index is 12.0. The van der Waals surface area contributed by atoms with Crippen LogP contribution in [0.2, 0.25) is 0 Å². The maximum Gasteiger partial charge on any atom is 0.331 e. The molecule has 108 valence electrons. The van der Waals surface area contributed by atoms with E-state index >= 15 is 0 Å². The van der Waals surface area contributed by atoms with Gasteiger partial charge in [-0.3, -0.25) is 13.9 Å². The zero-order valence-electron chi connectivity index (χ0n) is 11.2. The van der Waals surface area contributed by atoms with Gasteiger partial charge in [0, 0.05) is 33.0 Å². The summed E-state index contributed by atoms with van der Waals surface area (Å²) in [5.74, 6) is 0. The van der Waals surface area contributed by atoms with E-state index in [9.17, 15) is 9.59 Å². The largest absolute Gasteiger partial charge is 0.382 e. The van der Waals surface area contributed by atoms with Crippen LogP contribution in [0.3, 0.4) is 0 Å². The summed E-state index contributed by atoms with van der Waals surface area (Å²) in [4.78, 5) is 23.9. The zero-order chi connectivity index (χ0) is 14.3. The van der Waals surface area contributed by atoms with Crippen LogP contribution in [0.25, 0.3) is 0 Å². The number of rotatable bonds is 8. The van der Waals surface area contributed by atoms with Crippen LogP contribution >= 0.6 is 22.6 Å². The maximum absolute atomic E-state index is 12.0. The van der Waals surface area contributed by atoms with Gasteiger partial charge in [-0.25, -0.2) is 4.79 Å². The standard InChI is InChI=1S/C12H19IN2O4/c1-3-14-9-10(13)11(16)15(12(14)17)5-4-6-19-8-7-18-2/h9H,3-8H2,1-2H3. The van der Waals surface area contributed by atoms with E-state index in [2.05, 4.69) is 0 Å². The lowest BCUT2D eigenvalue weighted by Gasteiger charge is -2.09. The molecule has 0 fully saturated rings. The second-order valence-electron chi connectivity index (χ2n) is 3.96. The van der Waals surface area contributed by atoms with E-state index < -0.39 is 0 Å². The van der Waals surface area contributed by atoms with Gasteiger partial charge in [0.15, 0.2) is 0 Å². The monoisotopic (exact) mass is 382 g/mol. The molecule has 1 aromatic rings. The molecule has 0 atom stereocenters. The third kappa shape index (κ3) is 4.73. The molecule has 0 radical (unpaired) electrons. The van der Waals surface area contributed by atoms with Crippen LogP contribution in [0, 0.1) is 3.57 Å². The SMILES string of the molecule is CCn1cc(I)c(=O)n(CCCOCCOC)c1=O. The van der Waals surface area contributed by atoms with Crippen LogP contribution in [-0.2, 0) is 22.6 Å². The molecule has 0 aliphatic rings. The molecule has 6 nitrogen and oxygen atoms in total. The molecule has 0 aliphatic carbocycles. The Morgan fingerprint density at radius 1 is 1.26 bits per heavy atom. The van der Waals surface area contributed by atoms with Crippen LogP contribution in [-0.4, -0.2) is 36.1 Å². The fraction of sp³-hybridized carbons (Fsp3) is 0.667. The van der Waals surface area contributed by atoms with E-state index in [1.54, 1.807) is 13.3 Å². The van der Waals surface area contributed by atoms with E-state index in [1.165, 1.54) is 9.13 Å². The summed E-state index contributed by atoms with van der Waals surface area (Å²) >= 11 is 1.95. The zero-order valence-corrected chi connectivity index (χ0v) is 13.4. The predicted octanol–water partition coefficient (Wildman–Crippen LogP) is 0.688. The highest BCUT2D eigenvalue weighted by Gasteiger charge is 2.08. The van der Waals surface area contributed by atoms with Gasteiger partial charge >= 0.3 is 5.69 Å². The number of nitrogens with zero attached hydrogens (tertiary/aromatic N) is 2. The molecule has 0 bridgehead atoms. The van der Waals surface area contributed by atoms with Crippen molar-refractivity contribution in [2.24, 2.45) is 0 Å². The molecule has 0 aliphatic heterocycles. The normalized spacial score (nSPS) is 10.9. The van der Waals surface area contributed by atoms with E-state index in [4.69, 9.17) is 9.47 Å². The first-order chi connectivity index (χ1) is 9.11. The summed E-state index contributed by atoms with van der Waals surface area (Å²) in [6.45, 7) is 4.39. The van der Waals surface area contributed by atoms with Crippen molar-refractivity contribution in [1.29, 1.82) is 0 Å². The van der Waals surface area contributed by atoms with E-state index in [-0.39, 0.29) is 11.2 Å². The van der Waals surface area contributed by atoms with Crippen LogP contribution in [0.4, 0.5) is 0 Å². The molecular weight excluding hydrogens is 363 g/mol. The number of hydrogen-bond donors (Lipinski definition) is 0. The molecule has 0 saturated heterocycles. The molecule has 0 aromatic carbocycles. The van der Waals surface area contributed by atoms with Crippen molar-refractivity contribution >= 4 is 22.6 Å². The van der Waals surface area contributed by atoms with Gasteiger partial charge in [0.05, 0.1) is 16.8 Å². The Morgan fingerprint density at radius 3 is 2.63 bits per heavy atom. The van der Waals surface area contributed by atoms with Gasteiger partial charge in [0.25, 0.3) is 5.56 Å². The molecule has 0 amide bonds. The molecule has 7 heteroatoms. The number of methoxy groups -OCH3 is 1. The summed E-state index contributed by atoms with van der Waals surface area (Å²) in [5, 5.41) is 0. The fourth-order valence-corrected chi connectivity index (χ4v) is 2.24. The summed E-state index contributed by atoms with van der Waals surface area (Å²) < 4.78 is 13.5. The molecule has 0 spiro atoms. The Labute approximate surface area is 125 Å². The highest BCUT2D eigenvalue weighted by molar-refractivity contribution is 14.1. The topological polar surface area (TPSA) is 62.5 Å². The molecule has 0 saturated carbocycles. The van der Waals surface area contributed by atoms with Gasteiger partial charge in [-0.15, -0.1) is 0 Å². The summed E-state index contributed by atoms with van der Waals surface area (Å²) in [6.07, 6.45) is 2.22. The first-order valence-electron chi connectivity index (χ1n) is 6.18. The van der Waals surface area contributed by atoms with Crippen LogP contribution in [0.15, 0.2) is 15.8 Å². The number of halogens is 1. The second-order valence-corrected chi connectivity index (χ2v) is 5.12. The van der Waals surface area contributed by atoms with Gasteiger partial charge in [-0.05, 0) is 35.9 Å². The molecule has 0 N–H and O–H groups in total. The lowest BCUT2D eigenvalue weighted by molar-refractivity contribution is 0.0677. The van der Waals surface area contributed by atoms with Crippen LogP contribution in [0.5, 0.6) is 0 Å². The number of aromatic nitrogens is 2. The van der Waals surface area contributed by atoms with Gasteiger partial charge in [0.2, 0.25) is 0 Å². The highest BCUT2D eigenvalue weighted by atomic mass is 127. The Kier molecular flexibility index (Phi) is 7.32. The van der Waals surface area contributed by atoms with E-state index in [1.807, 2.05) is 29.5 Å². The smallest absolute Gasteiger partial charge is 0.331 e. The van der Waals surface area contributed by atoms with Crippen LogP contribution in [0.1, 0.15) is 13.3 Å². The molecule has 19 heavy (non-hydrogen) atoms. The fourth-order valence-electron chi connectivity index (χ4n) is 1.61. The van der Waals surface area contributed by atoms with Gasteiger partial charge in [-0.1, -0.05) is 0 Å². The molecule has 1 heterocycles. The minimum Gasteiger partial charge on any atom is -0.382 e. The van der Waals surface area contributed by atoms with Crippen molar-refractivity contribution in [2.75, 3.05) is 26.9 Å². The third-order valence-electron chi connectivity index (χ3n) is 2.64.